The topological polar surface area (TPSA) is 12.0 Å². The van der Waals surface area contributed by atoms with Crippen molar-refractivity contribution in [3.05, 3.63) is 56.2 Å². The molecular weight excluding hydrogens is 274 g/mol. The van der Waals surface area contributed by atoms with Gasteiger partial charge in [0.15, 0.2) is 0 Å². The van der Waals surface area contributed by atoms with Crippen LogP contribution in [-0.4, -0.2) is 6.54 Å². The molecule has 0 amide bonds. The maximum atomic E-state index is 6.20. The van der Waals surface area contributed by atoms with E-state index >= 15 is 0 Å². The molecule has 1 N–H and O–H groups in total. The Balaban J connectivity index is 2.36. The molecule has 0 radical (unpaired) electrons. The molecule has 19 heavy (non-hydrogen) atoms. The smallest absolute Gasteiger partial charge is 0.0671 e. The second-order valence-corrected chi connectivity index (χ2v) is 6.65. The molecule has 0 spiro atoms. The number of benzene rings is 1. The van der Waals surface area contributed by atoms with Gasteiger partial charge in [-0.2, -0.15) is 0 Å². The van der Waals surface area contributed by atoms with Gasteiger partial charge in [0, 0.05) is 14.8 Å². The van der Waals surface area contributed by atoms with Gasteiger partial charge in [-0.3, -0.25) is 0 Å². The normalized spacial score (nSPS) is 12.6. The zero-order valence-corrected chi connectivity index (χ0v) is 13.2. The number of thiophene rings is 1. The lowest BCUT2D eigenvalue weighted by Crippen LogP contribution is -2.22. The summed E-state index contributed by atoms with van der Waals surface area (Å²) in [5.74, 6) is 0. The molecule has 1 unspecified atom stereocenters. The third-order valence-electron chi connectivity index (χ3n) is 3.04. The highest BCUT2D eigenvalue weighted by Crippen LogP contribution is 2.30. The molecule has 0 saturated carbocycles. The molecule has 3 heteroatoms. The minimum Gasteiger partial charge on any atom is -0.306 e. The average Bonchev–Trinajstić information content (AvgIpc) is 2.75. The summed E-state index contributed by atoms with van der Waals surface area (Å²) >= 11 is 8.04. The van der Waals surface area contributed by atoms with Crippen molar-refractivity contribution in [2.75, 3.05) is 6.54 Å². The second-order valence-electron chi connectivity index (χ2n) is 4.90. The van der Waals surface area contributed by atoms with Gasteiger partial charge in [0.25, 0.3) is 0 Å². The molecular formula is C16H20ClNS. The van der Waals surface area contributed by atoms with Gasteiger partial charge in [0.1, 0.15) is 0 Å². The van der Waals surface area contributed by atoms with Gasteiger partial charge >= 0.3 is 0 Å². The molecule has 1 nitrogen and oxygen atoms in total. The molecule has 2 rings (SSSR count). The molecule has 0 bridgehead atoms. The summed E-state index contributed by atoms with van der Waals surface area (Å²) in [6, 6.07) is 10.9. The monoisotopic (exact) mass is 293 g/mol. The number of nitrogens with one attached hydrogen (secondary N) is 1. The minimum atomic E-state index is 0.246. The van der Waals surface area contributed by atoms with Crippen LogP contribution in [0.3, 0.4) is 0 Å². The summed E-state index contributed by atoms with van der Waals surface area (Å²) in [7, 11) is 0. The first-order valence-electron chi connectivity index (χ1n) is 6.67. The number of hydrogen-bond acceptors (Lipinski definition) is 2. The summed E-state index contributed by atoms with van der Waals surface area (Å²) in [6.45, 7) is 7.43. The molecule has 1 heterocycles. The molecule has 1 aromatic carbocycles. The van der Waals surface area contributed by atoms with E-state index in [1.165, 1.54) is 20.9 Å². The van der Waals surface area contributed by atoms with E-state index in [1.54, 1.807) is 0 Å². The maximum absolute atomic E-state index is 6.20. The van der Waals surface area contributed by atoms with E-state index < -0.39 is 0 Å². The fourth-order valence-electron chi connectivity index (χ4n) is 2.21. The minimum absolute atomic E-state index is 0.246. The fourth-order valence-corrected chi connectivity index (χ4v) is 3.49. The highest BCUT2D eigenvalue weighted by Gasteiger charge is 2.15. The van der Waals surface area contributed by atoms with Crippen LogP contribution >= 0.6 is 22.9 Å². The van der Waals surface area contributed by atoms with Crippen molar-refractivity contribution in [3.8, 4) is 0 Å². The van der Waals surface area contributed by atoms with Crippen LogP contribution in [0.1, 0.15) is 40.3 Å². The van der Waals surface area contributed by atoms with Crippen molar-refractivity contribution < 1.29 is 0 Å². The summed E-state index contributed by atoms with van der Waals surface area (Å²) in [6.07, 6.45) is 1.13. The van der Waals surface area contributed by atoms with E-state index in [0.29, 0.717) is 0 Å². The zero-order valence-electron chi connectivity index (χ0n) is 11.7. The summed E-state index contributed by atoms with van der Waals surface area (Å²) < 4.78 is 0. The number of halogens is 1. The fraction of sp³-hybridized carbons (Fsp3) is 0.375. The van der Waals surface area contributed by atoms with E-state index in [4.69, 9.17) is 11.6 Å². The van der Waals surface area contributed by atoms with Crippen LogP contribution in [0.25, 0.3) is 0 Å². The lowest BCUT2D eigenvalue weighted by molar-refractivity contribution is 0.605. The van der Waals surface area contributed by atoms with Crippen molar-refractivity contribution in [2.24, 2.45) is 0 Å². The molecule has 0 aliphatic rings. The molecule has 0 fully saturated rings. The first kappa shape index (κ1) is 14.6. The first-order chi connectivity index (χ1) is 9.10. The molecule has 0 aliphatic carbocycles. The van der Waals surface area contributed by atoms with E-state index in [9.17, 15) is 0 Å². The SMILES string of the molecule is CCCNC(c1cc(C)cc(Cl)c1)c1ccc(C)s1. The Kier molecular flexibility index (Phi) is 5.03. The van der Waals surface area contributed by atoms with Crippen LogP contribution < -0.4 is 5.32 Å². The predicted molar refractivity (Wildman–Crippen MR) is 85.4 cm³/mol. The van der Waals surface area contributed by atoms with Gasteiger partial charge in [-0.1, -0.05) is 24.6 Å². The van der Waals surface area contributed by atoms with E-state index in [-0.39, 0.29) is 6.04 Å². The van der Waals surface area contributed by atoms with Gasteiger partial charge in [0.2, 0.25) is 0 Å². The number of aryl methyl sites for hydroxylation is 2. The Hall–Kier alpha value is -0.830. The van der Waals surface area contributed by atoms with Crippen molar-refractivity contribution in [1.82, 2.24) is 5.32 Å². The predicted octanol–water partition coefficient (Wildman–Crippen LogP) is 5.11. The number of rotatable bonds is 5. The zero-order chi connectivity index (χ0) is 13.8. The molecule has 0 saturated heterocycles. The molecule has 2 aromatic rings. The van der Waals surface area contributed by atoms with Gasteiger partial charge < -0.3 is 5.32 Å². The van der Waals surface area contributed by atoms with E-state index in [0.717, 1.165) is 18.0 Å². The van der Waals surface area contributed by atoms with Crippen LogP contribution in [0.15, 0.2) is 30.3 Å². The van der Waals surface area contributed by atoms with Crippen molar-refractivity contribution in [1.29, 1.82) is 0 Å². The van der Waals surface area contributed by atoms with Gasteiger partial charge in [-0.15, -0.1) is 11.3 Å². The van der Waals surface area contributed by atoms with Crippen molar-refractivity contribution in [2.45, 2.75) is 33.2 Å². The summed E-state index contributed by atoms with van der Waals surface area (Å²) in [4.78, 5) is 2.70. The molecule has 102 valence electrons. The van der Waals surface area contributed by atoms with Crippen molar-refractivity contribution >= 4 is 22.9 Å². The summed E-state index contributed by atoms with van der Waals surface area (Å²) in [5.41, 5.74) is 2.46. The lowest BCUT2D eigenvalue weighted by atomic mass is 10.0. The third-order valence-corrected chi connectivity index (χ3v) is 4.33. The Labute approximate surface area is 124 Å². The van der Waals surface area contributed by atoms with Crippen LogP contribution in [-0.2, 0) is 0 Å². The second kappa shape index (κ2) is 6.56. The van der Waals surface area contributed by atoms with E-state index in [1.807, 2.05) is 17.4 Å². The van der Waals surface area contributed by atoms with Crippen LogP contribution in [0, 0.1) is 13.8 Å². The Morgan fingerprint density at radius 1 is 1.21 bits per heavy atom. The third kappa shape index (κ3) is 3.82. The Morgan fingerprint density at radius 3 is 2.58 bits per heavy atom. The van der Waals surface area contributed by atoms with Crippen LogP contribution in [0.5, 0.6) is 0 Å². The lowest BCUT2D eigenvalue weighted by Gasteiger charge is -2.18. The Bertz CT molecular complexity index is 527. The van der Waals surface area contributed by atoms with E-state index in [2.05, 4.69) is 50.4 Å². The van der Waals surface area contributed by atoms with Crippen LogP contribution in [0.4, 0.5) is 0 Å². The molecule has 1 aromatic heterocycles. The number of hydrogen-bond donors (Lipinski definition) is 1. The maximum Gasteiger partial charge on any atom is 0.0671 e. The molecule has 0 aliphatic heterocycles. The Morgan fingerprint density at radius 2 is 2.00 bits per heavy atom. The van der Waals surface area contributed by atoms with Gasteiger partial charge in [-0.25, -0.2) is 0 Å². The van der Waals surface area contributed by atoms with Crippen molar-refractivity contribution in [3.63, 3.8) is 0 Å². The van der Waals surface area contributed by atoms with Gasteiger partial charge in [-0.05, 0) is 62.2 Å². The summed E-state index contributed by atoms with van der Waals surface area (Å²) in [5, 5.41) is 4.43. The van der Waals surface area contributed by atoms with Crippen LogP contribution in [0.2, 0.25) is 5.02 Å². The first-order valence-corrected chi connectivity index (χ1v) is 7.86. The van der Waals surface area contributed by atoms with Gasteiger partial charge in [0.05, 0.1) is 6.04 Å². The highest BCUT2D eigenvalue weighted by molar-refractivity contribution is 7.12. The quantitative estimate of drug-likeness (QED) is 0.808. The average molecular weight is 294 g/mol. The standard InChI is InChI=1S/C16H20ClNS/c1-4-7-18-16(15-6-5-12(3)19-15)13-8-11(2)9-14(17)10-13/h5-6,8-10,16,18H,4,7H2,1-3H3. The highest BCUT2D eigenvalue weighted by atomic mass is 35.5. The largest absolute Gasteiger partial charge is 0.306 e. The molecule has 1 atom stereocenters.